The number of hydrogen-bond acceptors (Lipinski definition) is 2. The van der Waals surface area contributed by atoms with Crippen molar-refractivity contribution in [2.24, 2.45) is 0 Å². The van der Waals surface area contributed by atoms with Gasteiger partial charge in [0.25, 0.3) is 0 Å². The van der Waals surface area contributed by atoms with E-state index in [1.165, 1.54) is 24.4 Å². The first-order chi connectivity index (χ1) is 6.27. The Morgan fingerprint density at radius 3 is 2.92 bits per heavy atom. The normalized spacial score (nSPS) is 10.3. The van der Waals surface area contributed by atoms with E-state index in [0.717, 1.165) is 0 Å². The molecule has 0 fully saturated rings. The van der Waals surface area contributed by atoms with Gasteiger partial charge in [0.2, 0.25) is 0 Å². The number of aromatic amines is 1. The van der Waals surface area contributed by atoms with Gasteiger partial charge in [-0.15, -0.1) is 0 Å². The summed E-state index contributed by atoms with van der Waals surface area (Å²) in [6.07, 6.45) is 1.49. The van der Waals surface area contributed by atoms with Gasteiger partial charge in [-0.05, 0) is 18.2 Å². The van der Waals surface area contributed by atoms with Crippen LogP contribution in [0, 0.1) is 5.82 Å². The van der Waals surface area contributed by atoms with Crippen LogP contribution in [0.3, 0.4) is 0 Å². The number of nitrogens with zero attached hydrogens (tertiary/aromatic N) is 2. The Labute approximate surface area is 78.5 Å². The second-order valence-corrected chi connectivity index (χ2v) is 2.89. The zero-order valence-corrected chi connectivity index (χ0v) is 7.22. The van der Waals surface area contributed by atoms with E-state index >= 15 is 0 Å². The molecule has 0 amide bonds. The predicted octanol–water partition coefficient (Wildman–Crippen LogP) is 2.26. The minimum Gasteiger partial charge on any atom is -0.207 e. The van der Waals surface area contributed by atoms with E-state index < -0.39 is 0 Å². The molecule has 0 radical (unpaired) electrons. The number of benzene rings is 1. The van der Waals surface area contributed by atoms with Crippen molar-refractivity contribution in [3.05, 3.63) is 35.2 Å². The van der Waals surface area contributed by atoms with Crippen LogP contribution in [0.4, 0.5) is 4.39 Å². The van der Waals surface area contributed by atoms with Gasteiger partial charge >= 0.3 is 0 Å². The molecule has 2 rings (SSSR count). The first-order valence-electron chi connectivity index (χ1n) is 3.58. The van der Waals surface area contributed by atoms with Crippen molar-refractivity contribution < 1.29 is 4.39 Å². The van der Waals surface area contributed by atoms with Crippen LogP contribution in [-0.2, 0) is 0 Å². The van der Waals surface area contributed by atoms with Crippen LogP contribution in [0.2, 0.25) is 5.02 Å². The molecule has 1 N–H and O–H groups in total. The van der Waals surface area contributed by atoms with E-state index in [1.807, 2.05) is 0 Å². The number of H-pyrrole nitrogens is 1. The quantitative estimate of drug-likeness (QED) is 0.762. The highest BCUT2D eigenvalue weighted by Crippen LogP contribution is 2.25. The summed E-state index contributed by atoms with van der Waals surface area (Å²) >= 11 is 5.84. The van der Waals surface area contributed by atoms with Gasteiger partial charge in [-0.2, -0.15) is 15.4 Å². The molecule has 1 heterocycles. The third-order valence-electron chi connectivity index (χ3n) is 1.62. The average molecular weight is 198 g/mol. The molecule has 0 saturated carbocycles. The molecule has 1 aromatic carbocycles. The summed E-state index contributed by atoms with van der Waals surface area (Å²) in [7, 11) is 0. The lowest BCUT2D eigenvalue weighted by Crippen LogP contribution is -1.82. The standard InChI is InChI=1S/C8H5ClFN3/c9-7-2-1-5(10)3-6(7)8-4-11-13-12-8/h1-4H,(H,11,12,13). The molecule has 13 heavy (non-hydrogen) atoms. The third kappa shape index (κ3) is 1.53. The number of nitrogens with one attached hydrogen (secondary N) is 1. The van der Waals surface area contributed by atoms with Crippen molar-refractivity contribution >= 4 is 11.6 Å². The van der Waals surface area contributed by atoms with Gasteiger partial charge in [0.15, 0.2) is 0 Å². The molecule has 0 unspecified atom stereocenters. The van der Waals surface area contributed by atoms with Gasteiger partial charge < -0.3 is 0 Å². The zero-order valence-electron chi connectivity index (χ0n) is 6.46. The van der Waals surface area contributed by atoms with Gasteiger partial charge in [-0.3, -0.25) is 0 Å². The van der Waals surface area contributed by atoms with Crippen LogP contribution < -0.4 is 0 Å². The summed E-state index contributed by atoms with van der Waals surface area (Å²) in [5.74, 6) is -0.345. The number of halogens is 2. The van der Waals surface area contributed by atoms with Gasteiger partial charge in [-0.1, -0.05) is 11.6 Å². The molecule has 5 heteroatoms. The maximum absolute atomic E-state index is 12.8. The highest BCUT2D eigenvalue weighted by Gasteiger charge is 2.06. The first kappa shape index (κ1) is 8.19. The van der Waals surface area contributed by atoms with E-state index in [0.29, 0.717) is 16.3 Å². The Morgan fingerprint density at radius 2 is 2.23 bits per heavy atom. The Hall–Kier alpha value is -1.42. The fraction of sp³-hybridized carbons (Fsp3) is 0. The molecule has 66 valence electrons. The largest absolute Gasteiger partial charge is 0.207 e. The summed E-state index contributed by atoms with van der Waals surface area (Å²) < 4.78 is 12.8. The van der Waals surface area contributed by atoms with Crippen molar-refractivity contribution in [3.63, 3.8) is 0 Å². The highest BCUT2D eigenvalue weighted by molar-refractivity contribution is 6.33. The molecule has 0 spiro atoms. The molecule has 2 aromatic rings. The smallest absolute Gasteiger partial charge is 0.123 e. The van der Waals surface area contributed by atoms with E-state index in [1.54, 1.807) is 0 Å². The van der Waals surface area contributed by atoms with Gasteiger partial charge in [-0.25, -0.2) is 4.39 Å². The van der Waals surface area contributed by atoms with E-state index in [-0.39, 0.29) is 5.82 Å². The van der Waals surface area contributed by atoms with Crippen molar-refractivity contribution in [2.75, 3.05) is 0 Å². The molecule has 1 aromatic heterocycles. The van der Waals surface area contributed by atoms with Crippen LogP contribution in [-0.4, -0.2) is 15.4 Å². The Bertz CT molecular complexity index is 413. The van der Waals surface area contributed by atoms with Crippen LogP contribution in [0.25, 0.3) is 11.3 Å². The topological polar surface area (TPSA) is 41.6 Å². The second kappa shape index (κ2) is 3.14. The maximum Gasteiger partial charge on any atom is 0.123 e. The fourth-order valence-electron chi connectivity index (χ4n) is 1.03. The fourth-order valence-corrected chi connectivity index (χ4v) is 1.24. The van der Waals surface area contributed by atoms with Crippen molar-refractivity contribution in [1.82, 2.24) is 15.4 Å². The average Bonchev–Trinajstić information content (AvgIpc) is 2.61. The van der Waals surface area contributed by atoms with Crippen molar-refractivity contribution in [3.8, 4) is 11.3 Å². The molecular weight excluding hydrogens is 193 g/mol. The number of hydrogen-bond donors (Lipinski definition) is 1. The molecule has 3 nitrogen and oxygen atoms in total. The van der Waals surface area contributed by atoms with Gasteiger partial charge in [0.05, 0.1) is 11.2 Å². The number of aromatic nitrogens is 3. The minimum atomic E-state index is -0.345. The summed E-state index contributed by atoms with van der Waals surface area (Å²) in [6, 6.07) is 4.10. The monoisotopic (exact) mass is 197 g/mol. The van der Waals surface area contributed by atoms with Crippen LogP contribution in [0.1, 0.15) is 0 Å². The minimum absolute atomic E-state index is 0.345. The SMILES string of the molecule is Fc1ccc(Cl)c(-c2cn[nH]n2)c1. The molecule has 0 aliphatic heterocycles. The summed E-state index contributed by atoms with van der Waals surface area (Å²) in [4.78, 5) is 0. The highest BCUT2D eigenvalue weighted by atomic mass is 35.5. The zero-order chi connectivity index (χ0) is 9.26. The summed E-state index contributed by atoms with van der Waals surface area (Å²) in [5, 5.41) is 10.3. The lowest BCUT2D eigenvalue weighted by molar-refractivity contribution is 0.628. The van der Waals surface area contributed by atoms with Crippen molar-refractivity contribution in [2.45, 2.75) is 0 Å². The van der Waals surface area contributed by atoms with Crippen molar-refractivity contribution in [1.29, 1.82) is 0 Å². The molecule has 0 aliphatic carbocycles. The Kier molecular flexibility index (Phi) is 1.98. The van der Waals surface area contributed by atoms with Crippen LogP contribution in [0.15, 0.2) is 24.4 Å². The molecule has 0 saturated heterocycles. The summed E-state index contributed by atoms with van der Waals surface area (Å²) in [5.41, 5.74) is 1.07. The lowest BCUT2D eigenvalue weighted by atomic mass is 10.2. The van der Waals surface area contributed by atoms with Crippen LogP contribution >= 0.6 is 11.6 Å². The summed E-state index contributed by atoms with van der Waals surface area (Å²) in [6.45, 7) is 0. The van der Waals surface area contributed by atoms with Gasteiger partial charge in [0, 0.05) is 5.56 Å². The van der Waals surface area contributed by atoms with Crippen LogP contribution in [0.5, 0.6) is 0 Å². The Morgan fingerprint density at radius 1 is 1.38 bits per heavy atom. The van der Waals surface area contributed by atoms with E-state index in [4.69, 9.17) is 11.6 Å². The molecule has 0 bridgehead atoms. The molecule has 0 atom stereocenters. The van der Waals surface area contributed by atoms with E-state index in [2.05, 4.69) is 15.4 Å². The molecule has 0 aliphatic rings. The van der Waals surface area contributed by atoms with Gasteiger partial charge in [0.1, 0.15) is 11.5 Å². The lowest BCUT2D eigenvalue weighted by Gasteiger charge is -1.98. The number of rotatable bonds is 1. The third-order valence-corrected chi connectivity index (χ3v) is 1.95. The molecular formula is C8H5ClFN3. The first-order valence-corrected chi connectivity index (χ1v) is 3.96. The Balaban J connectivity index is 2.57. The van der Waals surface area contributed by atoms with E-state index in [9.17, 15) is 4.39 Å². The maximum atomic E-state index is 12.8. The second-order valence-electron chi connectivity index (χ2n) is 2.48. The predicted molar refractivity (Wildman–Crippen MR) is 46.8 cm³/mol.